The summed E-state index contributed by atoms with van der Waals surface area (Å²) in [5, 5.41) is 0. The van der Waals surface area contributed by atoms with Gasteiger partial charge in [-0.2, -0.15) is 0 Å². The standard InChI is InChI=1S/C30H33O6P/c1-4-37(31)24(25-26(36-37)27-28(33-25)35-29(2,3)34-27)20-32-30(21-14-8-5-9-15-21,22-16-10-6-11-17-22)23-18-12-7-13-19-23/h5-19,24-28H,4,20H2,1-3H3/t24-,25+,26-,27+,28+,37+/m0/s1. The Balaban J connectivity index is 1.40. The smallest absolute Gasteiger partial charge is 0.211 e. The van der Waals surface area contributed by atoms with Crippen molar-refractivity contribution in [3.63, 3.8) is 0 Å². The molecule has 0 aromatic heterocycles. The van der Waals surface area contributed by atoms with E-state index in [9.17, 15) is 4.57 Å². The maximum absolute atomic E-state index is 14.1. The lowest BCUT2D eigenvalue weighted by molar-refractivity contribution is -0.211. The normalized spacial score (nSPS) is 32.2. The van der Waals surface area contributed by atoms with Crippen LogP contribution in [0.25, 0.3) is 0 Å². The Labute approximate surface area is 218 Å². The minimum Gasteiger partial charge on any atom is -0.360 e. The van der Waals surface area contributed by atoms with Gasteiger partial charge >= 0.3 is 0 Å². The number of benzene rings is 3. The molecule has 3 aromatic rings. The van der Waals surface area contributed by atoms with Gasteiger partial charge in [0.15, 0.2) is 12.1 Å². The molecule has 3 aliphatic rings. The van der Waals surface area contributed by atoms with Gasteiger partial charge in [-0.05, 0) is 30.5 Å². The SMILES string of the molecule is CC[P@@]1(=O)O[C@@H]2[C@H]3OC(C)(C)O[C@H]3O[C@@H]2[C@@H]1COC(c1ccccc1)(c1ccccc1)c1ccccc1. The number of ether oxygens (including phenoxy) is 4. The van der Waals surface area contributed by atoms with Gasteiger partial charge in [0, 0.05) is 6.16 Å². The molecule has 0 aliphatic carbocycles. The van der Waals surface area contributed by atoms with Gasteiger partial charge in [0.05, 0.1) is 12.3 Å². The maximum Gasteiger partial charge on any atom is 0.211 e. The molecule has 7 heteroatoms. The summed E-state index contributed by atoms with van der Waals surface area (Å²) in [5.41, 5.74) is 1.62. The highest BCUT2D eigenvalue weighted by molar-refractivity contribution is 7.60. The Hall–Kier alpha value is -2.31. The van der Waals surface area contributed by atoms with E-state index in [1.807, 2.05) is 75.4 Å². The summed E-state index contributed by atoms with van der Waals surface area (Å²) in [6.45, 7) is 5.80. The van der Waals surface area contributed by atoms with Crippen molar-refractivity contribution in [1.82, 2.24) is 0 Å². The van der Waals surface area contributed by atoms with Crippen LogP contribution in [0.15, 0.2) is 91.0 Å². The second kappa shape index (κ2) is 9.46. The third-order valence-electron chi connectivity index (χ3n) is 7.66. The third-order valence-corrected chi connectivity index (χ3v) is 10.6. The van der Waals surface area contributed by atoms with Gasteiger partial charge in [-0.1, -0.05) is 97.9 Å². The first-order valence-corrected chi connectivity index (χ1v) is 14.8. The summed E-state index contributed by atoms with van der Waals surface area (Å²) in [4.78, 5) is 0. The van der Waals surface area contributed by atoms with Crippen molar-refractivity contribution in [2.24, 2.45) is 0 Å². The zero-order valence-electron chi connectivity index (χ0n) is 21.4. The average Bonchev–Trinajstić information content (AvgIpc) is 3.50. The van der Waals surface area contributed by atoms with Crippen LogP contribution in [0.4, 0.5) is 0 Å². The Morgan fingerprint density at radius 3 is 1.78 bits per heavy atom. The molecule has 0 radical (unpaired) electrons. The molecular formula is C30H33O6P. The predicted molar refractivity (Wildman–Crippen MR) is 141 cm³/mol. The first-order valence-electron chi connectivity index (χ1n) is 12.9. The van der Waals surface area contributed by atoms with Gasteiger partial charge in [-0.3, -0.25) is 4.57 Å². The molecule has 0 N–H and O–H groups in total. The molecule has 3 aromatic carbocycles. The predicted octanol–water partition coefficient (Wildman–Crippen LogP) is 5.94. The highest BCUT2D eigenvalue weighted by atomic mass is 31.2. The molecule has 0 spiro atoms. The number of hydrogen-bond donors (Lipinski definition) is 0. The Morgan fingerprint density at radius 2 is 1.30 bits per heavy atom. The van der Waals surface area contributed by atoms with Gasteiger partial charge in [-0.15, -0.1) is 0 Å². The summed E-state index contributed by atoms with van der Waals surface area (Å²) in [7, 11) is -3.08. The van der Waals surface area contributed by atoms with E-state index in [1.54, 1.807) is 0 Å². The van der Waals surface area contributed by atoms with Crippen molar-refractivity contribution in [2.75, 3.05) is 12.8 Å². The lowest BCUT2D eigenvalue weighted by Crippen LogP contribution is -2.40. The fourth-order valence-corrected chi connectivity index (χ4v) is 8.35. The maximum atomic E-state index is 14.1. The van der Waals surface area contributed by atoms with Gasteiger partial charge in [0.1, 0.15) is 23.9 Å². The van der Waals surface area contributed by atoms with Crippen molar-refractivity contribution in [3.8, 4) is 0 Å². The van der Waals surface area contributed by atoms with Crippen molar-refractivity contribution >= 4 is 7.37 Å². The largest absolute Gasteiger partial charge is 0.360 e. The van der Waals surface area contributed by atoms with Crippen molar-refractivity contribution in [1.29, 1.82) is 0 Å². The van der Waals surface area contributed by atoms with E-state index in [0.717, 1.165) is 16.7 Å². The summed E-state index contributed by atoms with van der Waals surface area (Å²) >= 11 is 0. The highest BCUT2D eigenvalue weighted by Gasteiger charge is 2.65. The van der Waals surface area contributed by atoms with E-state index in [1.165, 1.54) is 0 Å². The molecule has 3 fully saturated rings. The van der Waals surface area contributed by atoms with E-state index >= 15 is 0 Å². The molecule has 0 amide bonds. The summed E-state index contributed by atoms with van der Waals surface area (Å²) in [6, 6.07) is 30.6. The first kappa shape index (κ1) is 25.0. The van der Waals surface area contributed by atoms with Crippen molar-refractivity contribution in [2.45, 2.75) is 62.4 Å². The fraction of sp³-hybridized carbons (Fsp3) is 0.400. The molecule has 6 rings (SSSR count). The van der Waals surface area contributed by atoms with E-state index in [4.69, 9.17) is 23.5 Å². The van der Waals surface area contributed by atoms with Gasteiger partial charge in [0.2, 0.25) is 7.37 Å². The molecule has 37 heavy (non-hydrogen) atoms. The quantitative estimate of drug-likeness (QED) is 0.284. The molecule has 3 aliphatic heterocycles. The van der Waals surface area contributed by atoms with E-state index in [-0.39, 0.29) is 6.61 Å². The number of fused-ring (bicyclic) bond motifs is 3. The molecule has 0 bridgehead atoms. The van der Waals surface area contributed by atoms with Gasteiger partial charge < -0.3 is 23.5 Å². The van der Waals surface area contributed by atoms with Crippen LogP contribution in [0.5, 0.6) is 0 Å². The Bertz CT molecular complexity index is 1170. The van der Waals surface area contributed by atoms with Crippen LogP contribution in [-0.2, 0) is 33.6 Å². The van der Waals surface area contributed by atoms with Crippen LogP contribution in [-0.4, -0.2) is 48.8 Å². The lowest BCUT2D eigenvalue weighted by Gasteiger charge is -2.37. The Kier molecular flexibility index (Phi) is 6.39. The van der Waals surface area contributed by atoms with Crippen molar-refractivity contribution in [3.05, 3.63) is 108 Å². The van der Waals surface area contributed by atoms with E-state index in [2.05, 4.69) is 36.4 Å². The van der Waals surface area contributed by atoms with E-state index < -0.39 is 49.0 Å². The monoisotopic (exact) mass is 520 g/mol. The zero-order valence-corrected chi connectivity index (χ0v) is 22.3. The van der Waals surface area contributed by atoms with Gasteiger partial charge in [0.25, 0.3) is 0 Å². The average molecular weight is 521 g/mol. The van der Waals surface area contributed by atoms with E-state index in [0.29, 0.717) is 6.16 Å². The molecule has 194 valence electrons. The number of rotatable bonds is 7. The fourth-order valence-electron chi connectivity index (χ4n) is 5.94. The number of hydrogen-bond acceptors (Lipinski definition) is 6. The minimum absolute atomic E-state index is 0.188. The van der Waals surface area contributed by atoms with Crippen LogP contribution in [0.3, 0.4) is 0 Å². The molecule has 0 unspecified atom stereocenters. The lowest BCUT2D eigenvalue weighted by atomic mass is 9.80. The van der Waals surface area contributed by atoms with Gasteiger partial charge in [-0.25, -0.2) is 0 Å². The molecule has 3 saturated heterocycles. The van der Waals surface area contributed by atoms with Crippen molar-refractivity contribution < 1.29 is 28.0 Å². The second-order valence-electron chi connectivity index (χ2n) is 10.3. The third kappa shape index (κ3) is 4.21. The summed E-state index contributed by atoms with van der Waals surface area (Å²) in [6.07, 6.45) is -1.44. The molecule has 6 atom stereocenters. The summed E-state index contributed by atoms with van der Waals surface area (Å²) in [5.74, 6) is -0.766. The van der Waals surface area contributed by atoms with Crippen LogP contribution in [0.2, 0.25) is 0 Å². The topological polar surface area (TPSA) is 63.2 Å². The molecule has 0 saturated carbocycles. The Morgan fingerprint density at radius 1 is 0.784 bits per heavy atom. The minimum atomic E-state index is -3.08. The molecular weight excluding hydrogens is 487 g/mol. The zero-order chi connectivity index (χ0) is 25.7. The second-order valence-corrected chi connectivity index (χ2v) is 13.3. The van der Waals surface area contributed by atoms with Crippen LogP contribution >= 0.6 is 7.37 Å². The summed E-state index contributed by atoms with van der Waals surface area (Å²) < 4.78 is 45.8. The highest BCUT2D eigenvalue weighted by Crippen LogP contribution is 2.64. The van der Waals surface area contributed by atoms with Crippen LogP contribution in [0, 0.1) is 0 Å². The first-order chi connectivity index (χ1) is 17.9. The molecule has 6 nitrogen and oxygen atoms in total. The van der Waals surface area contributed by atoms with Crippen LogP contribution < -0.4 is 0 Å². The molecule has 3 heterocycles. The van der Waals surface area contributed by atoms with Crippen LogP contribution in [0.1, 0.15) is 37.5 Å².